The Morgan fingerprint density at radius 2 is 1.96 bits per heavy atom. The van der Waals surface area contributed by atoms with Crippen molar-refractivity contribution in [1.29, 1.82) is 0 Å². The Labute approximate surface area is 165 Å². The van der Waals surface area contributed by atoms with E-state index in [9.17, 15) is 4.79 Å². The third-order valence-electron chi connectivity index (χ3n) is 5.03. The first-order valence-electron chi connectivity index (χ1n) is 9.46. The molecule has 0 aliphatic carbocycles. The van der Waals surface area contributed by atoms with Gasteiger partial charge in [-0.2, -0.15) is 0 Å². The van der Waals surface area contributed by atoms with E-state index in [-0.39, 0.29) is 11.9 Å². The number of nitrogens with zero attached hydrogens (tertiary/aromatic N) is 1. The highest BCUT2D eigenvalue weighted by Crippen LogP contribution is 2.29. The first kappa shape index (κ1) is 19.7. The van der Waals surface area contributed by atoms with E-state index in [4.69, 9.17) is 9.47 Å². The van der Waals surface area contributed by atoms with Crippen molar-refractivity contribution in [2.45, 2.75) is 31.7 Å². The van der Waals surface area contributed by atoms with Crippen LogP contribution >= 0.6 is 11.3 Å². The molecule has 146 valence electrons. The van der Waals surface area contributed by atoms with E-state index in [0.717, 1.165) is 18.7 Å². The molecule has 1 saturated heterocycles. The highest BCUT2D eigenvalue weighted by molar-refractivity contribution is 7.10. The van der Waals surface area contributed by atoms with Crippen molar-refractivity contribution in [2.24, 2.45) is 0 Å². The van der Waals surface area contributed by atoms with Gasteiger partial charge in [-0.3, -0.25) is 9.69 Å². The van der Waals surface area contributed by atoms with E-state index < -0.39 is 0 Å². The summed E-state index contributed by atoms with van der Waals surface area (Å²) in [6.07, 6.45) is 3.64. The van der Waals surface area contributed by atoms with E-state index in [1.54, 1.807) is 25.6 Å². The summed E-state index contributed by atoms with van der Waals surface area (Å²) in [6, 6.07) is 10.3. The van der Waals surface area contributed by atoms with E-state index >= 15 is 0 Å². The highest BCUT2D eigenvalue weighted by Gasteiger charge is 2.24. The second kappa shape index (κ2) is 9.76. The molecule has 1 aromatic heterocycles. The number of likely N-dealkylation sites (tertiary alicyclic amines) is 1. The molecular weight excluding hydrogens is 360 g/mol. The van der Waals surface area contributed by atoms with E-state index in [2.05, 4.69) is 27.7 Å². The van der Waals surface area contributed by atoms with Gasteiger partial charge in [-0.05, 0) is 61.5 Å². The molecule has 1 unspecified atom stereocenters. The maximum atomic E-state index is 12.4. The first-order valence-corrected chi connectivity index (χ1v) is 10.3. The highest BCUT2D eigenvalue weighted by atomic mass is 32.1. The van der Waals surface area contributed by atoms with Crippen LogP contribution in [0.2, 0.25) is 0 Å². The topological polar surface area (TPSA) is 50.8 Å². The first-order chi connectivity index (χ1) is 13.2. The SMILES string of the molecule is COc1ccc(CCC(=O)NCC(c2cccs2)N2CCCC2)cc1OC. The third kappa shape index (κ3) is 5.23. The van der Waals surface area contributed by atoms with Gasteiger partial charge in [0, 0.05) is 17.8 Å². The zero-order valence-electron chi connectivity index (χ0n) is 16.1. The van der Waals surface area contributed by atoms with E-state index in [1.807, 2.05) is 18.2 Å². The average Bonchev–Trinajstić information content (AvgIpc) is 3.41. The Kier molecular flexibility index (Phi) is 7.12. The molecule has 0 spiro atoms. The summed E-state index contributed by atoms with van der Waals surface area (Å²) < 4.78 is 10.6. The van der Waals surface area contributed by atoms with Crippen LogP contribution in [-0.2, 0) is 11.2 Å². The number of carbonyl (C=O) groups is 1. The monoisotopic (exact) mass is 388 g/mol. The number of methoxy groups -OCH3 is 2. The van der Waals surface area contributed by atoms with Crippen LogP contribution in [-0.4, -0.2) is 44.7 Å². The lowest BCUT2D eigenvalue weighted by Gasteiger charge is -2.27. The Balaban J connectivity index is 1.52. The maximum absolute atomic E-state index is 12.4. The van der Waals surface area contributed by atoms with Gasteiger partial charge in [0.2, 0.25) is 5.91 Å². The van der Waals surface area contributed by atoms with Gasteiger partial charge in [0.15, 0.2) is 11.5 Å². The Hall–Kier alpha value is -2.05. The Morgan fingerprint density at radius 3 is 2.63 bits per heavy atom. The summed E-state index contributed by atoms with van der Waals surface area (Å²) in [5, 5.41) is 5.25. The van der Waals surface area contributed by atoms with Crippen LogP contribution in [0.5, 0.6) is 11.5 Å². The molecule has 1 fully saturated rings. The minimum absolute atomic E-state index is 0.0885. The number of hydrogen-bond donors (Lipinski definition) is 1. The van der Waals surface area contributed by atoms with Gasteiger partial charge < -0.3 is 14.8 Å². The molecule has 0 saturated carbocycles. The zero-order chi connectivity index (χ0) is 19.1. The lowest BCUT2D eigenvalue weighted by atomic mass is 10.1. The predicted molar refractivity (Wildman–Crippen MR) is 109 cm³/mol. The van der Waals surface area contributed by atoms with Crippen molar-refractivity contribution >= 4 is 17.2 Å². The number of rotatable bonds is 9. The van der Waals surface area contributed by atoms with Crippen LogP contribution in [0, 0.1) is 0 Å². The summed E-state index contributed by atoms with van der Waals surface area (Å²) in [4.78, 5) is 16.2. The fourth-order valence-electron chi connectivity index (χ4n) is 3.54. The molecule has 1 aromatic carbocycles. The van der Waals surface area contributed by atoms with Crippen molar-refractivity contribution in [3.05, 3.63) is 46.2 Å². The quantitative estimate of drug-likeness (QED) is 0.712. The van der Waals surface area contributed by atoms with Gasteiger partial charge in [0.05, 0.1) is 20.3 Å². The van der Waals surface area contributed by atoms with Crippen LogP contribution in [0.1, 0.15) is 35.7 Å². The number of benzene rings is 1. The largest absolute Gasteiger partial charge is 0.493 e. The average molecular weight is 389 g/mol. The van der Waals surface area contributed by atoms with Crippen molar-refractivity contribution in [3.63, 3.8) is 0 Å². The standard InChI is InChI=1S/C21H28N2O3S/c1-25-18-9-7-16(14-19(18)26-2)8-10-21(24)22-15-17(20-6-5-13-27-20)23-11-3-4-12-23/h5-7,9,13-14,17H,3-4,8,10-12,15H2,1-2H3,(H,22,24). The van der Waals surface area contributed by atoms with Gasteiger partial charge in [0.25, 0.3) is 0 Å². The Morgan fingerprint density at radius 1 is 1.19 bits per heavy atom. The van der Waals surface area contributed by atoms with Gasteiger partial charge in [0.1, 0.15) is 0 Å². The second-order valence-corrected chi connectivity index (χ2v) is 7.75. The minimum Gasteiger partial charge on any atom is -0.493 e. The molecule has 1 amide bonds. The number of nitrogens with one attached hydrogen (secondary N) is 1. The summed E-state index contributed by atoms with van der Waals surface area (Å²) in [5.74, 6) is 1.49. The van der Waals surface area contributed by atoms with Crippen molar-refractivity contribution in [3.8, 4) is 11.5 Å². The minimum atomic E-state index is 0.0885. The molecule has 6 heteroatoms. The summed E-state index contributed by atoms with van der Waals surface area (Å²) in [6.45, 7) is 2.90. The van der Waals surface area contributed by atoms with Crippen LogP contribution in [0.25, 0.3) is 0 Å². The van der Waals surface area contributed by atoms with Gasteiger partial charge >= 0.3 is 0 Å². The number of amides is 1. The predicted octanol–water partition coefficient (Wildman–Crippen LogP) is 3.65. The summed E-state index contributed by atoms with van der Waals surface area (Å²) in [7, 11) is 3.24. The van der Waals surface area contributed by atoms with Gasteiger partial charge in [-0.1, -0.05) is 12.1 Å². The second-order valence-electron chi connectivity index (χ2n) is 6.77. The molecule has 27 heavy (non-hydrogen) atoms. The normalized spacial score (nSPS) is 15.5. The molecular formula is C21H28N2O3S. The molecule has 5 nitrogen and oxygen atoms in total. The van der Waals surface area contributed by atoms with Crippen molar-refractivity contribution < 1.29 is 14.3 Å². The molecule has 2 aromatic rings. The molecule has 1 aliphatic rings. The number of ether oxygens (including phenoxy) is 2. The zero-order valence-corrected chi connectivity index (χ0v) is 16.9. The van der Waals surface area contributed by atoms with Crippen LogP contribution in [0.15, 0.2) is 35.7 Å². The molecule has 2 heterocycles. The maximum Gasteiger partial charge on any atom is 0.220 e. The van der Waals surface area contributed by atoms with E-state index in [0.29, 0.717) is 30.9 Å². The van der Waals surface area contributed by atoms with Crippen LogP contribution in [0.3, 0.4) is 0 Å². The van der Waals surface area contributed by atoms with Crippen molar-refractivity contribution in [2.75, 3.05) is 33.9 Å². The molecule has 0 radical (unpaired) electrons. The number of aryl methyl sites for hydroxylation is 1. The number of thiophene rings is 1. The molecule has 1 N–H and O–H groups in total. The number of hydrogen-bond acceptors (Lipinski definition) is 5. The molecule has 1 atom stereocenters. The van der Waals surface area contributed by atoms with Crippen LogP contribution < -0.4 is 14.8 Å². The lowest BCUT2D eigenvalue weighted by molar-refractivity contribution is -0.121. The summed E-state index contributed by atoms with van der Waals surface area (Å²) >= 11 is 1.77. The van der Waals surface area contributed by atoms with Gasteiger partial charge in [-0.15, -0.1) is 11.3 Å². The molecule has 1 aliphatic heterocycles. The Bertz CT molecular complexity index is 727. The lowest BCUT2D eigenvalue weighted by Crippen LogP contribution is -2.36. The smallest absolute Gasteiger partial charge is 0.220 e. The van der Waals surface area contributed by atoms with Gasteiger partial charge in [-0.25, -0.2) is 0 Å². The fraction of sp³-hybridized carbons (Fsp3) is 0.476. The summed E-state index contributed by atoms with van der Waals surface area (Å²) in [5.41, 5.74) is 1.07. The fourth-order valence-corrected chi connectivity index (χ4v) is 4.40. The molecule has 3 rings (SSSR count). The molecule has 0 bridgehead atoms. The number of carbonyl (C=O) groups excluding carboxylic acids is 1. The van der Waals surface area contributed by atoms with E-state index in [1.165, 1.54) is 17.7 Å². The third-order valence-corrected chi connectivity index (χ3v) is 6.01. The van der Waals surface area contributed by atoms with Crippen LogP contribution in [0.4, 0.5) is 0 Å². The van der Waals surface area contributed by atoms with Crippen molar-refractivity contribution in [1.82, 2.24) is 10.2 Å².